The van der Waals surface area contributed by atoms with Crippen molar-refractivity contribution < 1.29 is 9.18 Å². The molecule has 0 unspecified atom stereocenters. The van der Waals surface area contributed by atoms with Crippen LogP contribution in [0.1, 0.15) is 15.9 Å². The lowest BCUT2D eigenvalue weighted by atomic mass is 10.1. The van der Waals surface area contributed by atoms with Gasteiger partial charge in [-0.25, -0.2) is 4.39 Å². The predicted molar refractivity (Wildman–Crippen MR) is 85.9 cm³/mol. The number of amides is 1. The number of hydrogen-bond acceptors (Lipinski definition) is 1. The van der Waals surface area contributed by atoms with Gasteiger partial charge in [0.25, 0.3) is 5.91 Å². The van der Waals surface area contributed by atoms with E-state index >= 15 is 0 Å². The number of rotatable bonds is 2. The Kier molecular flexibility index (Phi) is 4.83. The molecule has 2 aromatic rings. The number of carbonyl (C=O) groups is 1. The van der Waals surface area contributed by atoms with Crippen LogP contribution in [0.25, 0.3) is 0 Å². The largest absolute Gasteiger partial charge is 0.320 e. The van der Waals surface area contributed by atoms with Crippen molar-refractivity contribution in [2.45, 2.75) is 6.92 Å². The molecule has 0 aromatic heterocycles. The molecule has 0 aliphatic rings. The van der Waals surface area contributed by atoms with Crippen molar-refractivity contribution in [2.75, 3.05) is 5.32 Å². The van der Waals surface area contributed by atoms with Gasteiger partial charge in [-0.2, -0.15) is 0 Å². The monoisotopic (exact) mass is 419 g/mol. The summed E-state index contributed by atoms with van der Waals surface area (Å²) in [4.78, 5) is 12.2. The van der Waals surface area contributed by atoms with Crippen LogP contribution in [0.3, 0.4) is 0 Å². The zero-order chi connectivity index (χ0) is 14.9. The highest BCUT2D eigenvalue weighted by Crippen LogP contribution is 2.32. The van der Waals surface area contributed by atoms with Crippen LogP contribution in [0, 0.1) is 12.7 Å². The van der Waals surface area contributed by atoms with E-state index in [0.717, 1.165) is 16.1 Å². The van der Waals surface area contributed by atoms with Crippen molar-refractivity contribution in [2.24, 2.45) is 0 Å². The van der Waals surface area contributed by atoms with Gasteiger partial charge < -0.3 is 5.32 Å². The Balaban J connectivity index is 2.30. The second-order valence-electron chi connectivity index (χ2n) is 4.16. The van der Waals surface area contributed by atoms with Gasteiger partial charge in [-0.05, 0) is 52.7 Å². The van der Waals surface area contributed by atoms with Gasteiger partial charge in [0, 0.05) is 14.5 Å². The lowest BCUT2D eigenvalue weighted by molar-refractivity contribution is 0.102. The first-order chi connectivity index (χ1) is 9.38. The van der Waals surface area contributed by atoms with E-state index in [9.17, 15) is 9.18 Å². The van der Waals surface area contributed by atoms with E-state index in [4.69, 9.17) is 11.6 Å². The average molecular weight is 421 g/mol. The van der Waals surface area contributed by atoms with Gasteiger partial charge in [0.15, 0.2) is 0 Å². The Morgan fingerprint density at radius 3 is 2.50 bits per heavy atom. The maximum atomic E-state index is 13.1. The Morgan fingerprint density at radius 1 is 1.20 bits per heavy atom. The van der Waals surface area contributed by atoms with E-state index in [0.29, 0.717) is 15.7 Å². The first-order valence-corrected chi connectivity index (χ1v) is 7.57. The summed E-state index contributed by atoms with van der Waals surface area (Å²) >= 11 is 12.5. The highest BCUT2D eigenvalue weighted by Gasteiger charge is 2.13. The molecular formula is C14H9Br2ClFNO. The van der Waals surface area contributed by atoms with Gasteiger partial charge in [0.2, 0.25) is 0 Å². The van der Waals surface area contributed by atoms with Crippen LogP contribution in [0.15, 0.2) is 39.3 Å². The molecule has 0 bridgehead atoms. The third-order valence-electron chi connectivity index (χ3n) is 2.68. The number of aryl methyl sites for hydroxylation is 1. The van der Waals surface area contributed by atoms with Crippen LogP contribution in [0.2, 0.25) is 5.02 Å². The molecule has 2 nitrogen and oxygen atoms in total. The first kappa shape index (κ1) is 15.5. The number of hydrogen-bond donors (Lipinski definition) is 1. The number of carbonyl (C=O) groups excluding carboxylic acids is 1. The summed E-state index contributed by atoms with van der Waals surface area (Å²) in [6.45, 7) is 1.93. The Morgan fingerprint density at radius 2 is 1.90 bits per heavy atom. The summed E-state index contributed by atoms with van der Waals surface area (Å²) in [6, 6.07) is 7.65. The number of anilines is 1. The summed E-state index contributed by atoms with van der Waals surface area (Å²) in [6.07, 6.45) is 0. The number of benzene rings is 2. The molecule has 0 aliphatic heterocycles. The van der Waals surface area contributed by atoms with Crippen LogP contribution in [0.4, 0.5) is 10.1 Å². The molecular weight excluding hydrogens is 412 g/mol. The van der Waals surface area contributed by atoms with E-state index in [1.54, 1.807) is 12.1 Å². The average Bonchev–Trinajstić information content (AvgIpc) is 2.36. The van der Waals surface area contributed by atoms with Gasteiger partial charge in [0.1, 0.15) is 5.82 Å². The molecule has 1 N–H and O–H groups in total. The van der Waals surface area contributed by atoms with Crippen molar-refractivity contribution >= 4 is 55.1 Å². The van der Waals surface area contributed by atoms with Gasteiger partial charge >= 0.3 is 0 Å². The minimum atomic E-state index is -0.474. The van der Waals surface area contributed by atoms with Gasteiger partial charge in [-0.3, -0.25) is 4.79 Å². The Bertz CT molecular complexity index is 668. The smallest absolute Gasteiger partial charge is 0.255 e. The fourth-order valence-electron chi connectivity index (χ4n) is 1.58. The SMILES string of the molecule is Cc1ccc(C(=O)Nc2c(Cl)cc(F)cc2Br)cc1Br. The molecule has 2 aromatic carbocycles. The molecule has 0 saturated heterocycles. The maximum absolute atomic E-state index is 13.1. The van der Waals surface area contributed by atoms with Crippen LogP contribution >= 0.6 is 43.5 Å². The van der Waals surface area contributed by atoms with E-state index < -0.39 is 5.82 Å². The summed E-state index contributed by atoms with van der Waals surface area (Å²) in [5.74, 6) is -0.794. The third-order valence-corrected chi connectivity index (χ3v) is 4.46. The fraction of sp³-hybridized carbons (Fsp3) is 0.0714. The van der Waals surface area contributed by atoms with Crippen molar-refractivity contribution in [1.82, 2.24) is 0 Å². The predicted octanol–water partition coefficient (Wildman–Crippen LogP) is 5.56. The lowest BCUT2D eigenvalue weighted by Crippen LogP contribution is -2.13. The third kappa shape index (κ3) is 3.40. The molecule has 0 spiro atoms. The summed E-state index contributed by atoms with van der Waals surface area (Å²) in [7, 11) is 0. The van der Waals surface area contributed by atoms with E-state index in [1.807, 2.05) is 13.0 Å². The normalized spacial score (nSPS) is 10.4. The molecule has 2 rings (SSSR count). The van der Waals surface area contributed by atoms with E-state index in [2.05, 4.69) is 37.2 Å². The van der Waals surface area contributed by atoms with Gasteiger partial charge in [-0.1, -0.05) is 33.6 Å². The van der Waals surface area contributed by atoms with Crippen LogP contribution < -0.4 is 5.32 Å². The standard InChI is InChI=1S/C14H9Br2ClFNO/c1-7-2-3-8(4-10(7)15)14(20)19-13-11(16)5-9(18)6-12(13)17/h2-6H,1H3,(H,19,20). The molecule has 0 atom stereocenters. The molecule has 20 heavy (non-hydrogen) atoms. The maximum Gasteiger partial charge on any atom is 0.255 e. The summed E-state index contributed by atoms with van der Waals surface area (Å²) < 4.78 is 14.4. The van der Waals surface area contributed by atoms with E-state index in [1.165, 1.54) is 6.07 Å². The van der Waals surface area contributed by atoms with Crippen molar-refractivity contribution in [1.29, 1.82) is 0 Å². The van der Waals surface area contributed by atoms with Crippen molar-refractivity contribution in [3.63, 3.8) is 0 Å². The van der Waals surface area contributed by atoms with Crippen molar-refractivity contribution in [3.8, 4) is 0 Å². The minimum Gasteiger partial charge on any atom is -0.320 e. The Hall–Kier alpha value is -0.910. The van der Waals surface area contributed by atoms with Crippen LogP contribution in [0.5, 0.6) is 0 Å². The zero-order valence-electron chi connectivity index (χ0n) is 10.3. The highest BCUT2D eigenvalue weighted by atomic mass is 79.9. The highest BCUT2D eigenvalue weighted by molar-refractivity contribution is 9.11. The number of nitrogens with one attached hydrogen (secondary N) is 1. The fourth-order valence-corrected chi connectivity index (χ4v) is 2.86. The second-order valence-corrected chi connectivity index (χ2v) is 6.28. The summed E-state index contributed by atoms with van der Waals surface area (Å²) in [5, 5.41) is 2.80. The van der Waals surface area contributed by atoms with Crippen LogP contribution in [-0.4, -0.2) is 5.91 Å². The first-order valence-electron chi connectivity index (χ1n) is 5.60. The lowest BCUT2D eigenvalue weighted by Gasteiger charge is -2.10. The molecule has 0 aliphatic carbocycles. The molecule has 0 heterocycles. The Labute approximate surface area is 137 Å². The molecule has 0 radical (unpaired) electrons. The van der Waals surface area contributed by atoms with Gasteiger partial charge in [0.05, 0.1) is 10.7 Å². The molecule has 1 amide bonds. The minimum absolute atomic E-state index is 0.136. The van der Waals surface area contributed by atoms with Crippen molar-refractivity contribution in [3.05, 3.63) is 61.2 Å². The molecule has 104 valence electrons. The molecule has 0 fully saturated rings. The van der Waals surface area contributed by atoms with E-state index in [-0.39, 0.29) is 10.9 Å². The topological polar surface area (TPSA) is 29.1 Å². The van der Waals surface area contributed by atoms with Gasteiger partial charge in [-0.15, -0.1) is 0 Å². The zero-order valence-corrected chi connectivity index (χ0v) is 14.2. The number of halogens is 4. The van der Waals surface area contributed by atoms with Crippen LogP contribution in [-0.2, 0) is 0 Å². The quantitative estimate of drug-likeness (QED) is 0.675. The molecule has 6 heteroatoms. The molecule has 0 saturated carbocycles. The summed E-state index contributed by atoms with van der Waals surface area (Å²) in [5.41, 5.74) is 1.85. The second kappa shape index (κ2) is 6.24.